The van der Waals surface area contributed by atoms with Gasteiger partial charge in [0.15, 0.2) is 0 Å². The average Bonchev–Trinajstić information content (AvgIpc) is 2.01. The summed E-state index contributed by atoms with van der Waals surface area (Å²) in [5.74, 6) is 1.28. The number of ether oxygens (including phenoxy) is 1. The van der Waals surface area contributed by atoms with Crippen molar-refractivity contribution < 1.29 is 4.74 Å². The first-order chi connectivity index (χ1) is 5.95. The molecule has 0 aliphatic rings. The van der Waals surface area contributed by atoms with Crippen molar-refractivity contribution in [1.29, 1.82) is 0 Å². The summed E-state index contributed by atoms with van der Waals surface area (Å²) in [6.45, 7) is 9.47. The van der Waals surface area contributed by atoms with Crippen molar-refractivity contribution in [2.24, 2.45) is 17.6 Å². The molecule has 0 bridgehead atoms. The highest BCUT2D eigenvalue weighted by molar-refractivity contribution is 4.83. The molecule has 0 fully saturated rings. The van der Waals surface area contributed by atoms with Crippen LogP contribution in [0.25, 0.3) is 0 Å². The van der Waals surface area contributed by atoms with Gasteiger partial charge < -0.3 is 10.5 Å². The Morgan fingerprint density at radius 2 is 1.46 bits per heavy atom. The molecule has 0 aromatic carbocycles. The highest BCUT2D eigenvalue weighted by Crippen LogP contribution is 2.27. The second-order valence-corrected chi connectivity index (χ2v) is 4.79. The van der Waals surface area contributed by atoms with Gasteiger partial charge in [-0.2, -0.15) is 0 Å². The Hall–Kier alpha value is -0.0800. The highest BCUT2D eigenvalue weighted by Gasteiger charge is 2.29. The van der Waals surface area contributed by atoms with E-state index in [0.29, 0.717) is 18.4 Å². The lowest BCUT2D eigenvalue weighted by atomic mass is 9.85. The predicted molar refractivity (Wildman–Crippen MR) is 57.7 cm³/mol. The molecule has 0 atom stereocenters. The summed E-state index contributed by atoms with van der Waals surface area (Å²) in [5.41, 5.74) is 5.69. The summed E-state index contributed by atoms with van der Waals surface area (Å²) < 4.78 is 5.58. The quantitative estimate of drug-likeness (QED) is 0.693. The summed E-state index contributed by atoms with van der Waals surface area (Å²) in [4.78, 5) is 0. The van der Waals surface area contributed by atoms with Gasteiger partial charge >= 0.3 is 0 Å². The normalized spacial score (nSPS) is 12.9. The smallest absolute Gasteiger partial charge is 0.0805 e. The zero-order chi connectivity index (χ0) is 10.5. The van der Waals surface area contributed by atoms with Crippen molar-refractivity contribution in [1.82, 2.24) is 0 Å². The van der Waals surface area contributed by atoms with Crippen LogP contribution in [0.1, 0.15) is 40.5 Å². The Labute approximate surface area is 82.8 Å². The van der Waals surface area contributed by atoms with Gasteiger partial charge in [-0.05, 0) is 24.7 Å². The van der Waals surface area contributed by atoms with Gasteiger partial charge in [-0.15, -0.1) is 0 Å². The van der Waals surface area contributed by atoms with E-state index in [9.17, 15) is 0 Å². The largest absolute Gasteiger partial charge is 0.377 e. The summed E-state index contributed by atoms with van der Waals surface area (Å²) in [6.07, 6.45) is 2.11. The molecule has 0 aromatic rings. The van der Waals surface area contributed by atoms with Crippen molar-refractivity contribution in [3.05, 3.63) is 0 Å². The molecule has 13 heavy (non-hydrogen) atoms. The van der Waals surface area contributed by atoms with E-state index in [1.807, 2.05) is 0 Å². The van der Waals surface area contributed by atoms with Crippen molar-refractivity contribution in [3.8, 4) is 0 Å². The first kappa shape index (κ1) is 12.9. The van der Waals surface area contributed by atoms with Gasteiger partial charge in [0.25, 0.3) is 0 Å². The molecule has 0 aliphatic carbocycles. The minimum absolute atomic E-state index is 0.0949. The van der Waals surface area contributed by atoms with Gasteiger partial charge in [-0.1, -0.05) is 27.7 Å². The van der Waals surface area contributed by atoms with E-state index in [1.165, 1.54) is 0 Å². The van der Waals surface area contributed by atoms with E-state index in [-0.39, 0.29) is 5.60 Å². The third-order valence-corrected chi connectivity index (χ3v) is 2.37. The predicted octanol–water partition coefficient (Wildman–Crippen LogP) is 2.42. The Morgan fingerprint density at radius 1 is 1.08 bits per heavy atom. The van der Waals surface area contributed by atoms with Crippen molar-refractivity contribution in [2.45, 2.75) is 46.1 Å². The van der Waals surface area contributed by atoms with E-state index < -0.39 is 0 Å². The van der Waals surface area contributed by atoms with Gasteiger partial charge in [-0.25, -0.2) is 0 Å². The third kappa shape index (κ3) is 4.63. The van der Waals surface area contributed by atoms with Crippen LogP contribution in [0.4, 0.5) is 0 Å². The topological polar surface area (TPSA) is 35.2 Å². The Kier molecular flexibility index (Phi) is 5.57. The monoisotopic (exact) mass is 187 g/mol. The van der Waals surface area contributed by atoms with E-state index in [2.05, 4.69) is 27.7 Å². The van der Waals surface area contributed by atoms with Gasteiger partial charge in [-0.3, -0.25) is 0 Å². The molecule has 0 aromatic heterocycles. The minimum Gasteiger partial charge on any atom is -0.377 e. The molecule has 0 aliphatic heterocycles. The fourth-order valence-corrected chi connectivity index (χ4v) is 1.99. The molecule has 0 amide bonds. The van der Waals surface area contributed by atoms with E-state index in [0.717, 1.165) is 12.8 Å². The molecule has 0 radical (unpaired) electrons. The van der Waals surface area contributed by atoms with Crippen LogP contribution in [0, 0.1) is 11.8 Å². The second-order valence-electron chi connectivity index (χ2n) is 4.79. The van der Waals surface area contributed by atoms with Gasteiger partial charge in [0, 0.05) is 13.7 Å². The fourth-order valence-electron chi connectivity index (χ4n) is 1.99. The number of rotatable bonds is 6. The molecule has 80 valence electrons. The van der Waals surface area contributed by atoms with Crippen molar-refractivity contribution in [3.63, 3.8) is 0 Å². The van der Waals surface area contributed by atoms with Gasteiger partial charge in [0.05, 0.1) is 5.60 Å². The number of hydrogen-bond donors (Lipinski definition) is 1. The summed E-state index contributed by atoms with van der Waals surface area (Å²) in [6, 6.07) is 0. The zero-order valence-corrected chi connectivity index (χ0v) is 9.76. The SMILES string of the molecule is COC(CN)(CC(C)C)CC(C)C. The van der Waals surface area contributed by atoms with E-state index in [4.69, 9.17) is 10.5 Å². The molecule has 0 spiro atoms. The maximum atomic E-state index is 5.79. The summed E-state index contributed by atoms with van der Waals surface area (Å²) >= 11 is 0. The molecule has 0 heterocycles. The maximum Gasteiger partial charge on any atom is 0.0805 e. The highest BCUT2D eigenvalue weighted by atomic mass is 16.5. The first-order valence-electron chi connectivity index (χ1n) is 5.21. The molecule has 2 N–H and O–H groups in total. The lowest BCUT2D eigenvalue weighted by molar-refractivity contribution is -0.0343. The zero-order valence-electron chi connectivity index (χ0n) is 9.76. The minimum atomic E-state index is -0.0949. The van der Waals surface area contributed by atoms with E-state index in [1.54, 1.807) is 7.11 Å². The maximum absolute atomic E-state index is 5.79. The molecule has 2 nitrogen and oxygen atoms in total. The Balaban J connectivity index is 4.30. The number of hydrogen-bond acceptors (Lipinski definition) is 2. The standard InChI is InChI=1S/C11H25NO/c1-9(2)6-11(8-12,13-5)7-10(3)4/h9-10H,6-8,12H2,1-5H3. The second kappa shape index (κ2) is 5.61. The molecule has 0 saturated carbocycles. The van der Waals surface area contributed by atoms with Crippen LogP contribution in [0.3, 0.4) is 0 Å². The summed E-state index contributed by atoms with van der Waals surface area (Å²) in [5, 5.41) is 0. The number of methoxy groups -OCH3 is 1. The Bertz CT molecular complexity index is 116. The Morgan fingerprint density at radius 3 is 1.62 bits per heavy atom. The molecular weight excluding hydrogens is 162 g/mol. The van der Waals surface area contributed by atoms with Crippen LogP contribution in [0.15, 0.2) is 0 Å². The molecule has 0 unspecified atom stereocenters. The summed E-state index contributed by atoms with van der Waals surface area (Å²) in [7, 11) is 1.78. The van der Waals surface area contributed by atoms with Crippen LogP contribution in [-0.4, -0.2) is 19.3 Å². The van der Waals surface area contributed by atoms with Crippen LogP contribution >= 0.6 is 0 Å². The fraction of sp³-hybridized carbons (Fsp3) is 1.00. The van der Waals surface area contributed by atoms with Crippen molar-refractivity contribution >= 4 is 0 Å². The molecule has 0 saturated heterocycles. The van der Waals surface area contributed by atoms with Crippen LogP contribution < -0.4 is 5.73 Å². The van der Waals surface area contributed by atoms with Crippen LogP contribution in [-0.2, 0) is 4.74 Å². The van der Waals surface area contributed by atoms with Gasteiger partial charge in [0.1, 0.15) is 0 Å². The lowest BCUT2D eigenvalue weighted by Crippen LogP contribution is -2.42. The first-order valence-corrected chi connectivity index (χ1v) is 5.21. The third-order valence-electron chi connectivity index (χ3n) is 2.37. The lowest BCUT2D eigenvalue weighted by Gasteiger charge is -2.34. The van der Waals surface area contributed by atoms with Crippen LogP contribution in [0.5, 0.6) is 0 Å². The van der Waals surface area contributed by atoms with E-state index >= 15 is 0 Å². The average molecular weight is 187 g/mol. The molecule has 2 heteroatoms. The number of nitrogens with two attached hydrogens (primary N) is 1. The van der Waals surface area contributed by atoms with Crippen molar-refractivity contribution in [2.75, 3.05) is 13.7 Å². The van der Waals surface area contributed by atoms with Crippen LogP contribution in [0.2, 0.25) is 0 Å². The van der Waals surface area contributed by atoms with Gasteiger partial charge in [0.2, 0.25) is 0 Å². The molecule has 0 rings (SSSR count). The molecular formula is C11H25NO.